The summed E-state index contributed by atoms with van der Waals surface area (Å²) in [5.74, 6) is 0. The molecule has 3 N–H and O–H groups in total. The molecular weight excluding hydrogens is 272 g/mol. The molecule has 0 aliphatic carbocycles. The Bertz CT molecular complexity index is 231. The van der Waals surface area contributed by atoms with Crippen LogP contribution in [-0.2, 0) is 4.74 Å². The van der Waals surface area contributed by atoms with Gasteiger partial charge in [0.15, 0.2) is 0 Å². The van der Waals surface area contributed by atoms with E-state index < -0.39 is 0 Å². The first-order chi connectivity index (χ1) is 10.8. The predicted molar refractivity (Wildman–Crippen MR) is 97.4 cm³/mol. The molecule has 0 rings (SSSR count). The number of hydrogen-bond acceptors (Lipinski definition) is 2. The van der Waals surface area contributed by atoms with Gasteiger partial charge in [0, 0.05) is 0 Å². The lowest BCUT2D eigenvalue weighted by Crippen LogP contribution is -2.14. The zero-order chi connectivity index (χ0) is 16.3. The summed E-state index contributed by atoms with van der Waals surface area (Å²) in [5.41, 5.74) is 5.12. The minimum atomic E-state index is -0.152. The second-order valence-electron chi connectivity index (χ2n) is 6.52. The number of nitrogens with one attached hydrogen (secondary N) is 1. The monoisotopic (exact) mass is 312 g/mol. The van der Waals surface area contributed by atoms with Crippen molar-refractivity contribution in [3.8, 4) is 0 Å². The van der Waals surface area contributed by atoms with Crippen molar-refractivity contribution in [2.24, 2.45) is 5.73 Å². The van der Waals surface area contributed by atoms with Crippen LogP contribution < -0.4 is 5.73 Å². The molecule has 0 saturated heterocycles. The third-order valence-corrected chi connectivity index (χ3v) is 4.26. The van der Waals surface area contributed by atoms with E-state index in [-0.39, 0.29) is 6.02 Å². The number of nitrogens with two attached hydrogens (primary N) is 1. The fourth-order valence-electron chi connectivity index (χ4n) is 2.83. The maximum Gasteiger partial charge on any atom is 0.278 e. The molecule has 22 heavy (non-hydrogen) atoms. The molecule has 3 nitrogen and oxygen atoms in total. The summed E-state index contributed by atoms with van der Waals surface area (Å²) >= 11 is 0. The van der Waals surface area contributed by atoms with Gasteiger partial charge in [0.25, 0.3) is 6.02 Å². The lowest BCUT2D eigenvalue weighted by molar-refractivity contribution is 0.285. The first-order valence-corrected chi connectivity index (χ1v) is 9.74. The van der Waals surface area contributed by atoms with Gasteiger partial charge in [0.05, 0.1) is 6.61 Å². The van der Waals surface area contributed by atoms with E-state index in [0.717, 1.165) is 6.42 Å². The van der Waals surface area contributed by atoms with Crippen molar-refractivity contribution in [1.82, 2.24) is 0 Å². The maximum absolute atomic E-state index is 6.94. The number of ether oxygens (including phenoxy) is 1. The molecule has 0 aliphatic rings. The van der Waals surface area contributed by atoms with Gasteiger partial charge >= 0.3 is 0 Å². The quantitative estimate of drug-likeness (QED) is 0.192. The highest BCUT2D eigenvalue weighted by molar-refractivity contribution is 5.67. The van der Waals surface area contributed by atoms with Gasteiger partial charge in [0.1, 0.15) is 0 Å². The Morgan fingerprint density at radius 2 is 0.955 bits per heavy atom. The Morgan fingerprint density at radius 1 is 0.636 bits per heavy atom. The van der Waals surface area contributed by atoms with E-state index >= 15 is 0 Å². The van der Waals surface area contributed by atoms with Crippen molar-refractivity contribution < 1.29 is 4.74 Å². The first-order valence-electron chi connectivity index (χ1n) is 9.74. The SMILES string of the molecule is CCCCCCCCCCCCCCCCCCOC(=N)N. The molecule has 0 radical (unpaired) electrons. The van der Waals surface area contributed by atoms with Crippen LogP contribution in [0.3, 0.4) is 0 Å². The maximum atomic E-state index is 6.94. The fourth-order valence-corrected chi connectivity index (χ4v) is 2.83. The zero-order valence-electron chi connectivity index (χ0n) is 15.0. The normalized spacial score (nSPS) is 10.8. The molecular formula is C19H40N2O. The lowest BCUT2D eigenvalue weighted by Gasteiger charge is -2.04. The van der Waals surface area contributed by atoms with Crippen molar-refractivity contribution in [1.29, 1.82) is 5.41 Å². The summed E-state index contributed by atoms with van der Waals surface area (Å²) < 4.78 is 4.92. The molecule has 0 aliphatic heterocycles. The Balaban J connectivity index is 2.95. The van der Waals surface area contributed by atoms with E-state index in [1.807, 2.05) is 0 Å². The summed E-state index contributed by atoms with van der Waals surface area (Å²) in [6.45, 7) is 2.89. The minimum Gasteiger partial charge on any atom is -0.466 e. The molecule has 0 aromatic rings. The largest absolute Gasteiger partial charge is 0.466 e. The predicted octanol–water partition coefficient (Wildman–Crippen LogP) is 6.16. The molecule has 0 unspecified atom stereocenters. The van der Waals surface area contributed by atoms with Gasteiger partial charge < -0.3 is 10.5 Å². The van der Waals surface area contributed by atoms with E-state index in [0.29, 0.717) is 6.61 Å². The van der Waals surface area contributed by atoms with E-state index in [9.17, 15) is 0 Å². The summed E-state index contributed by atoms with van der Waals surface area (Å²) in [5, 5.41) is 6.94. The van der Waals surface area contributed by atoms with Crippen molar-refractivity contribution in [2.75, 3.05) is 6.61 Å². The van der Waals surface area contributed by atoms with Gasteiger partial charge in [-0.2, -0.15) is 0 Å². The fraction of sp³-hybridized carbons (Fsp3) is 0.947. The van der Waals surface area contributed by atoms with Crippen LogP contribution in [0, 0.1) is 5.41 Å². The summed E-state index contributed by atoms with van der Waals surface area (Å²) in [6.07, 6.45) is 22.0. The molecule has 0 fully saturated rings. The molecule has 3 heteroatoms. The molecule has 132 valence electrons. The Labute approximate surface area is 138 Å². The van der Waals surface area contributed by atoms with Gasteiger partial charge in [-0.15, -0.1) is 0 Å². The molecule has 0 aromatic heterocycles. The number of amidine groups is 1. The van der Waals surface area contributed by atoms with E-state index in [1.165, 1.54) is 96.3 Å². The average molecular weight is 313 g/mol. The third-order valence-electron chi connectivity index (χ3n) is 4.26. The van der Waals surface area contributed by atoms with E-state index in [2.05, 4.69) is 6.92 Å². The van der Waals surface area contributed by atoms with Crippen LogP contribution in [0.25, 0.3) is 0 Å². The van der Waals surface area contributed by atoms with Crippen LogP contribution in [-0.4, -0.2) is 12.6 Å². The smallest absolute Gasteiger partial charge is 0.278 e. The zero-order valence-corrected chi connectivity index (χ0v) is 15.0. The Kier molecular flexibility index (Phi) is 17.7. The van der Waals surface area contributed by atoms with Gasteiger partial charge in [-0.05, 0) is 6.42 Å². The standard InChI is InChI=1S/C19H40N2O/c1-2-3-4-5-6-7-8-9-10-11-12-13-14-15-16-17-18-22-19(20)21/h2-18H2,1H3,(H3,20,21). The molecule has 0 atom stereocenters. The third kappa shape index (κ3) is 19.3. The van der Waals surface area contributed by atoms with E-state index in [1.54, 1.807) is 0 Å². The molecule has 0 bridgehead atoms. The van der Waals surface area contributed by atoms with Crippen molar-refractivity contribution >= 4 is 6.02 Å². The van der Waals surface area contributed by atoms with Crippen LogP contribution in [0.15, 0.2) is 0 Å². The Morgan fingerprint density at radius 3 is 1.27 bits per heavy atom. The van der Waals surface area contributed by atoms with Gasteiger partial charge in [-0.3, -0.25) is 5.41 Å². The van der Waals surface area contributed by atoms with Crippen LogP contribution >= 0.6 is 0 Å². The highest BCUT2D eigenvalue weighted by Gasteiger charge is 1.95. The average Bonchev–Trinajstić information content (AvgIpc) is 2.50. The highest BCUT2D eigenvalue weighted by atomic mass is 16.5. The van der Waals surface area contributed by atoms with Crippen molar-refractivity contribution in [2.45, 2.75) is 110 Å². The number of hydrogen-bond donors (Lipinski definition) is 2. The van der Waals surface area contributed by atoms with E-state index in [4.69, 9.17) is 15.9 Å². The molecule has 0 amide bonds. The van der Waals surface area contributed by atoms with Gasteiger partial charge in [-0.25, -0.2) is 0 Å². The van der Waals surface area contributed by atoms with Crippen LogP contribution in [0.2, 0.25) is 0 Å². The number of rotatable bonds is 17. The van der Waals surface area contributed by atoms with Crippen LogP contribution in [0.1, 0.15) is 110 Å². The summed E-state index contributed by atoms with van der Waals surface area (Å²) in [4.78, 5) is 0. The second kappa shape index (κ2) is 18.3. The highest BCUT2D eigenvalue weighted by Crippen LogP contribution is 2.13. The van der Waals surface area contributed by atoms with Gasteiger partial charge in [-0.1, -0.05) is 103 Å². The number of unbranched alkanes of at least 4 members (excludes halogenated alkanes) is 15. The first kappa shape index (κ1) is 21.3. The lowest BCUT2D eigenvalue weighted by atomic mass is 10.0. The van der Waals surface area contributed by atoms with Crippen molar-refractivity contribution in [3.63, 3.8) is 0 Å². The Hall–Kier alpha value is -0.730. The molecule has 0 saturated carbocycles. The summed E-state index contributed by atoms with van der Waals surface area (Å²) in [7, 11) is 0. The second-order valence-corrected chi connectivity index (χ2v) is 6.52. The topological polar surface area (TPSA) is 59.1 Å². The van der Waals surface area contributed by atoms with Crippen LogP contribution in [0.5, 0.6) is 0 Å². The summed E-state index contributed by atoms with van der Waals surface area (Å²) in [6, 6.07) is -0.152. The minimum absolute atomic E-state index is 0.152. The molecule has 0 heterocycles. The molecule has 0 aromatic carbocycles. The molecule has 0 spiro atoms. The van der Waals surface area contributed by atoms with Crippen molar-refractivity contribution in [3.05, 3.63) is 0 Å². The van der Waals surface area contributed by atoms with Crippen LogP contribution in [0.4, 0.5) is 0 Å². The van der Waals surface area contributed by atoms with Gasteiger partial charge in [0.2, 0.25) is 0 Å².